The van der Waals surface area contributed by atoms with Gasteiger partial charge in [-0.2, -0.15) is 0 Å². The van der Waals surface area contributed by atoms with Crippen LogP contribution in [0.2, 0.25) is 0 Å². The predicted molar refractivity (Wildman–Crippen MR) is 82.1 cm³/mol. The van der Waals surface area contributed by atoms with Crippen LogP contribution in [0.15, 0.2) is 30.3 Å². The zero-order chi connectivity index (χ0) is 15.1. The summed E-state index contributed by atoms with van der Waals surface area (Å²) in [5.41, 5.74) is 1.36. The molecule has 1 amide bonds. The molecule has 0 bridgehead atoms. The van der Waals surface area contributed by atoms with E-state index in [-0.39, 0.29) is 5.91 Å². The Morgan fingerprint density at radius 3 is 2.38 bits per heavy atom. The summed E-state index contributed by atoms with van der Waals surface area (Å²) in [6.07, 6.45) is 8.34. The molecule has 112 valence electrons. The van der Waals surface area contributed by atoms with Gasteiger partial charge in [0.25, 0.3) is 5.91 Å². The minimum Gasteiger partial charge on any atom is -0.478 e. The van der Waals surface area contributed by atoms with Gasteiger partial charge in [-0.1, -0.05) is 31.4 Å². The molecule has 0 atom stereocenters. The Hall–Kier alpha value is -2.10. The maximum absolute atomic E-state index is 12.5. The van der Waals surface area contributed by atoms with E-state index in [9.17, 15) is 9.59 Å². The molecule has 21 heavy (non-hydrogen) atoms. The Morgan fingerprint density at radius 1 is 1.05 bits per heavy atom. The monoisotopic (exact) mass is 287 g/mol. The largest absolute Gasteiger partial charge is 0.478 e. The highest BCUT2D eigenvalue weighted by Gasteiger charge is 2.16. The van der Waals surface area contributed by atoms with Crippen molar-refractivity contribution in [3.8, 4) is 0 Å². The topological polar surface area (TPSA) is 57.6 Å². The standard InChI is InChI=1S/C17H21NO3/c19-16(20)10-9-14-7-6-8-15(13-14)17(21)18-11-4-2-1-3-5-12-18/h6-10,13H,1-5,11-12H2,(H,19,20). The number of aliphatic carboxylic acids is 1. The van der Waals surface area contributed by atoms with Gasteiger partial charge >= 0.3 is 5.97 Å². The smallest absolute Gasteiger partial charge is 0.328 e. The minimum atomic E-state index is -0.990. The number of carbonyl (C=O) groups excluding carboxylic acids is 1. The molecule has 2 rings (SSSR count). The van der Waals surface area contributed by atoms with Gasteiger partial charge in [0, 0.05) is 24.7 Å². The van der Waals surface area contributed by atoms with Crippen molar-refractivity contribution in [2.45, 2.75) is 32.1 Å². The van der Waals surface area contributed by atoms with Crippen LogP contribution in [-0.2, 0) is 4.79 Å². The lowest BCUT2D eigenvalue weighted by atomic mass is 10.1. The summed E-state index contributed by atoms with van der Waals surface area (Å²) in [7, 11) is 0. The van der Waals surface area contributed by atoms with Gasteiger partial charge < -0.3 is 10.0 Å². The summed E-state index contributed by atoms with van der Waals surface area (Å²) in [5, 5.41) is 8.65. The van der Waals surface area contributed by atoms with Crippen LogP contribution in [0, 0.1) is 0 Å². The van der Waals surface area contributed by atoms with Crippen LogP contribution in [0.1, 0.15) is 48.0 Å². The molecule has 1 aromatic rings. The summed E-state index contributed by atoms with van der Waals surface area (Å²) < 4.78 is 0. The SMILES string of the molecule is O=C(O)C=Cc1cccc(C(=O)N2CCCCCCC2)c1. The number of amides is 1. The summed E-state index contributed by atoms with van der Waals surface area (Å²) in [6.45, 7) is 1.63. The summed E-state index contributed by atoms with van der Waals surface area (Å²) in [5.74, 6) is -0.946. The van der Waals surface area contributed by atoms with E-state index in [1.807, 2.05) is 4.90 Å². The first kappa shape index (κ1) is 15.3. The van der Waals surface area contributed by atoms with Crippen molar-refractivity contribution in [1.29, 1.82) is 0 Å². The summed E-state index contributed by atoms with van der Waals surface area (Å²) in [6, 6.07) is 7.13. The Bertz CT molecular complexity index is 529. The second kappa shape index (κ2) is 7.62. The van der Waals surface area contributed by atoms with E-state index in [1.165, 1.54) is 25.3 Å². The summed E-state index contributed by atoms with van der Waals surface area (Å²) >= 11 is 0. The quantitative estimate of drug-likeness (QED) is 0.869. The van der Waals surface area contributed by atoms with Crippen molar-refractivity contribution in [3.63, 3.8) is 0 Å². The molecule has 1 fully saturated rings. The molecule has 4 heteroatoms. The molecule has 0 spiro atoms. The number of likely N-dealkylation sites (tertiary alicyclic amines) is 1. The van der Waals surface area contributed by atoms with Crippen LogP contribution < -0.4 is 0 Å². The number of carboxylic acids is 1. The second-order valence-corrected chi connectivity index (χ2v) is 5.36. The molecular formula is C17H21NO3. The molecular weight excluding hydrogens is 266 g/mol. The minimum absolute atomic E-state index is 0.0440. The molecule has 1 N–H and O–H groups in total. The highest BCUT2D eigenvalue weighted by molar-refractivity contribution is 5.95. The molecule has 1 aliphatic heterocycles. The van der Waals surface area contributed by atoms with Crippen molar-refractivity contribution < 1.29 is 14.7 Å². The number of nitrogens with zero attached hydrogens (tertiary/aromatic N) is 1. The van der Waals surface area contributed by atoms with Crippen LogP contribution in [0.4, 0.5) is 0 Å². The van der Waals surface area contributed by atoms with Crippen molar-refractivity contribution in [1.82, 2.24) is 4.90 Å². The fourth-order valence-electron chi connectivity index (χ4n) is 2.58. The average molecular weight is 287 g/mol. The summed E-state index contributed by atoms with van der Waals surface area (Å²) in [4.78, 5) is 25.0. The molecule has 0 aliphatic carbocycles. The lowest BCUT2D eigenvalue weighted by Gasteiger charge is -2.25. The molecule has 0 aromatic heterocycles. The van der Waals surface area contributed by atoms with Gasteiger partial charge in [0.05, 0.1) is 0 Å². The molecule has 0 unspecified atom stereocenters. The van der Waals surface area contributed by atoms with Crippen LogP contribution in [0.5, 0.6) is 0 Å². The van der Waals surface area contributed by atoms with Gasteiger partial charge in [-0.05, 0) is 36.6 Å². The van der Waals surface area contributed by atoms with Crippen LogP contribution in [-0.4, -0.2) is 35.0 Å². The van der Waals surface area contributed by atoms with E-state index < -0.39 is 5.97 Å². The maximum atomic E-state index is 12.5. The van der Waals surface area contributed by atoms with Crippen molar-refractivity contribution in [2.75, 3.05) is 13.1 Å². The van der Waals surface area contributed by atoms with E-state index in [2.05, 4.69) is 0 Å². The molecule has 1 aromatic carbocycles. The fraction of sp³-hybridized carbons (Fsp3) is 0.412. The Morgan fingerprint density at radius 2 is 1.71 bits per heavy atom. The van der Waals surface area contributed by atoms with Gasteiger partial charge in [-0.25, -0.2) is 4.79 Å². The fourth-order valence-corrected chi connectivity index (χ4v) is 2.58. The number of carbonyl (C=O) groups is 2. The highest BCUT2D eigenvalue weighted by Crippen LogP contribution is 2.15. The Kier molecular flexibility index (Phi) is 5.55. The lowest BCUT2D eigenvalue weighted by molar-refractivity contribution is -0.131. The van der Waals surface area contributed by atoms with Crippen molar-refractivity contribution >= 4 is 18.0 Å². The first-order valence-electron chi connectivity index (χ1n) is 7.47. The third-order valence-corrected chi connectivity index (χ3v) is 3.70. The molecule has 0 radical (unpaired) electrons. The molecule has 0 saturated carbocycles. The Balaban J connectivity index is 2.10. The Labute approximate surface area is 125 Å². The second-order valence-electron chi connectivity index (χ2n) is 5.36. The number of hydrogen-bond acceptors (Lipinski definition) is 2. The number of benzene rings is 1. The molecule has 1 saturated heterocycles. The molecule has 1 aliphatic rings. The van der Waals surface area contributed by atoms with Gasteiger partial charge in [-0.15, -0.1) is 0 Å². The number of rotatable bonds is 3. The van der Waals surface area contributed by atoms with E-state index in [1.54, 1.807) is 24.3 Å². The average Bonchev–Trinajstić information content (AvgIpc) is 2.44. The van der Waals surface area contributed by atoms with Crippen molar-refractivity contribution in [3.05, 3.63) is 41.5 Å². The molecule has 1 heterocycles. The third-order valence-electron chi connectivity index (χ3n) is 3.70. The van der Waals surface area contributed by atoms with E-state index in [0.717, 1.165) is 37.6 Å². The van der Waals surface area contributed by atoms with Gasteiger partial charge in [0.2, 0.25) is 0 Å². The van der Waals surface area contributed by atoms with Gasteiger partial charge in [-0.3, -0.25) is 4.79 Å². The third kappa shape index (κ3) is 4.74. The van der Waals surface area contributed by atoms with Crippen LogP contribution >= 0.6 is 0 Å². The number of carboxylic acid groups (broad SMARTS) is 1. The van der Waals surface area contributed by atoms with E-state index in [0.29, 0.717) is 5.56 Å². The zero-order valence-corrected chi connectivity index (χ0v) is 12.1. The van der Waals surface area contributed by atoms with Gasteiger partial charge in [0.15, 0.2) is 0 Å². The first-order valence-corrected chi connectivity index (χ1v) is 7.47. The normalized spacial score (nSPS) is 16.5. The van der Waals surface area contributed by atoms with E-state index in [4.69, 9.17) is 5.11 Å². The molecule has 4 nitrogen and oxygen atoms in total. The highest BCUT2D eigenvalue weighted by atomic mass is 16.4. The first-order chi connectivity index (χ1) is 10.2. The number of hydrogen-bond donors (Lipinski definition) is 1. The predicted octanol–water partition coefficient (Wildman–Crippen LogP) is 3.19. The van der Waals surface area contributed by atoms with Crippen LogP contribution in [0.25, 0.3) is 6.08 Å². The van der Waals surface area contributed by atoms with Crippen molar-refractivity contribution in [2.24, 2.45) is 0 Å². The van der Waals surface area contributed by atoms with Gasteiger partial charge in [0.1, 0.15) is 0 Å². The van der Waals surface area contributed by atoms with E-state index >= 15 is 0 Å². The lowest BCUT2D eigenvalue weighted by Crippen LogP contribution is -2.33. The van der Waals surface area contributed by atoms with Crippen LogP contribution in [0.3, 0.4) is 0 Å². The zero-order valence-electron chi connectivity index (χ0n) is 12.1. The maximum Gasteiger partial charge on any atom is 0.328 e.